The summed E-state index contributed by atoms with van der Waals surface area (Å²) in [6.07, 6.45) is 0. The van der Waals surface area contributed by atoms with E-state index >= 15 is 0 Å². The Balaban J connectivity index is 1.47. The average molecular weight is 435 g/mol. The van der Waals surface area contributed by atoms with E-state index in [4.69, 9.17) is 18.9 Å². The summed E-state index contributed by atoms with van der Waals surface area (Å²) in [5, 5.41) is 0. The molecule has 1 aliphatic heterocycles. The zero-order chi connectivity index (χ0) is 22.8. The minimum Gasteiger partial charge on any atom is -0.465 e. The van der Waals surface area contributed by atoms with Gasteiger partial charge >= 0.3 is 11.9 Å². The molecule has 0 unspecified atom stereocenters. The smallest absolute Gasteiger partial charge is 0.338 e. The molecule has 0 N–H and O–H groups in total. The fourth-order valence-electron chi connectivity index (χ4n) is 3.62. The second-order valence-electron chi connectivity index (χ2n) is 7.23. The number of rotatable bonds is 6. The molecular weight excluding hydrogens is 414 g/mol. The maximum absolute atomic E-state index is 12.8. The highest BCUT2D eigenvalue weighted by Gasteiger charge is 2.21. The summed E-state index contributed by atoms with van der Waals surface area (Å²) in [5.41, 5.74) is 3.50. The lowest BCUT2D eigenvalue weighted by molar-refractivity contribution is 0.0474. The first kappa shape index (κ1) is 21.2. The number of carbonyl (C=O) groups excluding carboxylic acids is 3. The summed E-state index contributed by atoms with van der Waals surface area (Å²) in [6, 6.07) is 13.3. The van der Waals surface area contributed by atoms with E-state index in [0.29, 0.717) is 28.3 Å². The monoisotopic (exact) mass is 435 g/mol. The quantitative estimate of drug-likeness (QED) is 0.431. The lowest BCUT2D eigenvalue weighted by Gasteiger charge is -2.11. The first-order chi connectivity index (χ1) is 15.4. The maximum atomic E-state index is 12.8. The Morgan fingerprint density at radius 2 is 1.59 bits per heavy atom. The van der Waals surface area contributed by atoms with Gasteiger partial charge in [-0.15, -0.1) is 0 Å². The van der Waals surface area contributed by atoms with Gasteiger partial charge in [0.05, 0.1) is 18.2 Å². The van der Waals surface area contributed by atoms with Crippen LogP contribution in [0.4, 0.5) is 0 Å². The Morgan fingerprint density at radius 1 is 0.906 bits per heavy atom. The second kappa shape index (κ2) is 8.58. The molecule has 0 saturated carbocycles. The van der Waals surface area contributed by atoms with Gasteiger partial charge in [0.2, 0.25) is 12.6 Å². The van der Waals surface area contributed by atoms with Crippen molar-refractivity contribution in [1.82, 2.24) is 4.57 Å². The maximum Gasteiger partial charge on any atom is 0.338 e. The van der Waals surface area contributed by atoms with E-state index in [1.54, 1.807) is 42.5 Å². The summed E-state index contributed by atoms with van der Waals surface area (Å²) in [4.78, 5) is 36.8. The standard InChI is InChI=1S/C24H21NO7/c1-14-10-19(15(2)25(14)18-7-4-16(5-8-18)23(27)29-3)20(26)12-30-24(28)17-6-9-21-22(11-17)32-13-31-21/h4-11H,12-13H2,1-3H3. The van der Waals surface area contributed by atoms with Gasteiger partial charge in [-0.2, -0.15) is 0 Å². The number of Topliss-reactive ketones (excluding diaryl/α,β-unsaturated/α-hetero) is 1. The molecule has 0 spiro atoms. The van der Waals surface area contributed by atoms with Gasteiger partial charge in [0.25, 0.3) is 0 Å². The summed E-state index contributed by atoms with van der Waals surface area (Å²) in [5.74, 6) is -0.330. The number of fused-ring (bicyclic) bond motifs is 1. The second-order valence-corrected chi connectivity index (χ2v) is 7.23. The molecule has 4 rings (SSSR count). The summed E-state index contributed by atoms with van der Waals surface area (Å²) >= 11 is 0. The Morgan fingerprint density at radius 3 is 2.31 bits per heavy atom. The molecule has 0 fully saturated rings. The third-order valence-corrected chi connectivity index (χ3v) is 5.22. The van der Waals surface area contributed by atoms with Crippen LogP contribution in [-0.4, -0.2) is 42.8 Å². The number of aryl methyl sites for hydroxylation is 1. The molecule has 8 heteroatoms. The van der Waals surface area contributed by atoms with Gasteiger partial charge in [-0.05, 0) is 62.4 Å². The number of benzene rings is 2. The third kappa shape index (κ3) is 3.94. The van der Waals surface area contributed by atoms with Crippen LogP contribution in [0.1, 0.15) is 42.5 Å². The van der Waals surface area contributed by atoms with E-state index in [2.05, 4.69) is 0 Å². The van der Waals surface area contributed by atoms with Crippen molar-refractivity contribution in [3.8, 4) is 17.2 Å². The fourth-order valence-corrected chi connectivity index (χ4v) is 3.62. The molecule has 0 radical (unpaired) electrons. The van der Waals surface area contributed by atoms with E-state index in [1.807, 2.05) is 18.4 Å². The number of carbonyl (C=O) groups is 3. The number of ether oxygens (including phenoxy) is 4. The zero-order valence-electron chi connectivity index (χ0n) is 17.8. The molecule has 3 aromatic rings. The summed E-state index contributed by atoms with van der Waals surface area (Å²) in [7, 11) is 1.33. The fraction of sp³-hybridized carbons (Fsp3) is 0.208. The number of methoxy groups -OCH3 is 1. The number of nitrogens with zero attached hydrogens (tertiary/aromatic N) is 1. The molecule has 164 valence electrons. The van der Waals surface area contributed by atoms with Crippen LogP contribution in [0.5, 0.6) is 11.5 Å². The molecule has 0 saturated heterocycles. The predicted octanol–water partition coefficient (Wildman–Crippen LogP) is 3.65. The van der Waals surface area contributed by atoms with Crippen molar-refractivity contribution in [2.45, 2.75) is 13.8 Å². The minimum absolute atomic E-state index is 0.105. The topological polar surface area (TPSA) is 93.1 Å². The molecule has 0 aliphatic carbocycles. The molecule has 0 atom stereocenters. The van der Waals surface area contributed by atoms with Crippen molar-refractivity contribution in [2.75, 3.05) is 20.5 Å². The highest BCUT2D eigenvalue weighted by molar-refractivity contribution is 6.00. The van der Waals surface area contributed by atoms with Gasteiger partial charge in [0.15, 0.2) is 18.1 Å². The number of aromatic nitrogens is 1. The van der Waals surface area contributed by atoms with E-state index in [1.165, 1.54) is 13.2 Å². The lowest BCUT2D eigenvalue weighted by Crippen LogP contribution is -2.15. The van der Waals surface area contributed by atoms with Gasteiger partial charge in [-0.1, -0.05) is 0 Å². The molecule has 0 bridgehead atoms. The van der Waals surface area contributed by atoms with Crippen molar-refractivity contribution in [3.63, 3.8) is 0 Å². The van der Waals surface area contributed by atoms with Gasteiger partial charge in [0.1, 0.15) is 0 Å². The van der Waals surface area contributed by atoms with Crippen molar-refractivity contribution in [2.24, 2.45) is 0 Å². The van der Waals surface area contributed by atoms with Gasteiger partial charge in [0, 0.05) is 22.6 Å². The van der Waals surface area contributed by atoms with Crippen molar-refractivity contribution >= 4 is 17.7 Å². The lowest BCUT2D eigenvalue weighted by atomic mass is 10.1. The van der Waals surface area contributed by atoms with Crippen LogP contribution >= 0.6 is 0 Å². The van der Waals surface area contributed by atoms with E-state index < -0.39 is 18.5 Å². The van der Waals surface area contributed by atoms with Crippen molar-refractivity contribution in [1.29, 1.82) is 0 Å². The first-order valence-corrected chi connectivity index (χ1v) is 9.86. The van der Waals surface area contributed by atoms with Gasteiger partial charge in [-0.25, -0.2) is 9.59 Å². The number of esters is 2. The summed E-state index contributed by atoms with van der Waals surface area (Å²) in [6.45, 7) is 3.40. The molecule has 0 amide bonds. The van der Waals surface area contributed by atoms with E-state index in [-0.39, 0.29) is 18.1 Å². The molecule has 32 heavy (non-hydrogen) atoms. The third-order valence-electron chi connectivity index (χ3n) is 5.22. The molecule has 2 heterocycles. The SMILES string of the molecule is COC(=O)c1ccc(-n2c(C)cc(C(=O)COC(=O)c3ccc4c(c3)OCO4)c2C)cc1. The normalized spacial score (nSPS) is 11.8. The van der Waals surface area contributed by atoms with Crippen LogP contribution in [-0.2, 0) is 9.47 Å². The van der Waals surface area contributed by atoms with Crippen LogP contribution < -0.4 is 9.47 Å². The molecule has 1 aliphatic rings. The zero-order valence-corrected chi connectivity index (χ0v) is 17.8. The Bertz CT molecular complexity index is 1210. The van der Waals surface area contributed by atoms with Crippen LogP contribution in [0.2, 0.25) is 0 Å². The van der Waals surface area contributed by atoms with E-state index in [9.17, 15) is 14.4 Å². The highest BCUT2D eigenvalue weighted by Crippen LogP contribution is 2.32. The molecule has 8 nitrogen and oxygen atoms in total. The number of ketones is 1. The van der Waals surface area contributed by atoms with Crippen LogP contribution in [0, 0.1) is 13.8 Å². The minimum atomic E-state index is -0.621. The number of hydrogen-bond donors (Lipinski definition) is 0. The van der Waals surface area contributed by atoms with Crippen LogP contribution in [0.15, 0.2) is 48.5 Å². The molecule has 1 aromatic heterocycles. The van der Waals surface area contributed by atoms with E-state index in [0.717, 1.165) is 11.4 Å². The first-order valence-electron chi connectivity index (χ1n) is 9.86. The highest BCUT2D eigenvalue weighted by atomic mass is 16.7. The average Bonchev–Trinajstić information content (AvgIpc) is 3.40. The summed E-state index contributed by atoms with van der Waals surface area (Å²) < 4.78 is 22.3. The molecule has 2 aromatic carbocycles. The molecular formula is C24H21NO7. The van der Waals surface area contributed by atoms with Crippen LogP contribution in [0.25, 0.3) is 5.69 Å². The number of hydrogen-bond acceptors (Lipinski definition) is 7. The Hall–Kier alpha value is -4.07. The van der Waals surface area contributed by atoms with Crippen molar-refractivity contribution < 1.29 is 33.3 Å². The van der Waals surface area contributed by atoms with Gasteiger partial charge < -0.3 is 23.5 Å². The van der Waals surface area contributed by atoms with Crippen LogP contribution in [0.3, 0.4) is 0 Å². The Kier molecular flexibility index (Phi) is 5.68. The largest absolute Gasteiger partial charge is 0.465 e. The van der Waals surface area contributed by atoms with Crippen molar-refractivity contribution in [3.05, 3.63) is 76.6 Å². The predicted molar refractivity (Wildman–Crippen MR) is 114 cm³/mol. The van der Waals surface area contributed by atoms with Gasteiger partial charge in [-0.3, -0.25) is 4.79 Å². The Labute approximate surface area is 184 Å².